The number of hydrogen-bond acceptors (Lipinski definition) is 5. The van der Waals surface area contributed by atoms with E-state index in [1.807, 2.05) is 54.6 Å². The Morgan fingerprint density at radius 3 is 2.72 bits per heavy atom. The predicted octanol–water partition coefficient (Wildman–Crippen LogP) is 5.35. The molecule has 0 fully saturated rings. The molecule has 0 amide bonds. The molecule has 0 bridgehead atoms. The molecule has 0 unspecified atom stereocenters. The first kappa shape index (κ1) is 20.8. The molecule has 5 nitrogen and oxygen atoms in total. The van der Waals surface area contributed by atoms with Crippen LogP contribution in [0.3, 0.4) is 0 Å². The van der Waals surface area contributed by atoms with E-state index in [2.05, 4.69) is 4.98 Å². The smallest absolute Gasteiger partial charge is 0.274 e. The Bertz CT molecular complexity index is 1580. The molecule has 0 aliphatic carbocycles. The molecule has 3 aromatic carbocycles. The lowest BCUT2D eigenvalue weighted by molar-refractivity contribution is 0.284. The van der Waals surface area contributed by atoms with Crippen LogP contribution < -0.4 is 19.6 Å². The van der Waals surface area contributed by atoms with E-state index in [0.29, 0.717) is 31.0 Å². The van der Waals surface area contributed by atoms with Crippen molar-refractivity contribution in [3.8, 4) is 11.5 Å². The zero-order valence-corrected chi connectivity index (χ0v) is 19.2. The lowest BCUT2D eigenvalue weighted by Gasteiger charge is -2.12. The van der Waals surface area contributed by atoms with Crippen LogP contribution in [0.5, 0.6) is 11.5 Å². The van der Waals surface area contributed by atoms with Gasteiger partial charge in [0.05, 0.1) is 22.7 Å². The molecular formula is C24H16Cl2N2O3S. The number of fused-ring (bicyclic) bond motifs is 3. The van der Waals surface area contributed by atoms with Crippen LogP contribution in [-0.2, 0) is 6.61 Å². The van der Waals surface area contributed by atoms with Crippen molar-refractivity contribution >= 4 is 56.6 Å². The zero-order valence-electron chi connectivity index (χ0n) is 16.8. The average molecular weight is 483 g/mol. The molecule has 0 atom stereocenters. The van der Waals surface area contributed by atoms with Gasteiger partial charge >= 0.3 is 0 Å². The van der Waals surface area contributed by atoms with Gasteiger partial charge in [0.15, 0.2) is 16.5 Å². The fraction of sp³-hybridized carbons (Fsp3) is 0.0833. The van der Waals surface area contributed by atoms with Crippen molar-refractivity contribution < 1.29 is 9.47 Å². The van der Waals surface area contributed by atoms with E-state index in [9.17, 15) is 4.79 Å². The number of ether oxygens (including phenoxy) is 2. The van der Waals surface area contributed by atoms with Gasteiger partial charge in [-0.05, 0) is 48.0 Å². The lowest BCUT2D eigenvalue weighted by atomic mass is 10.2. The van der Waals surface area contributed by atoms with Crippen LogP contribution in [0.15, 0.2) is 65.5 Å². The van der Waals surface area contributed by atoms with Crippen molar-refractivity contribution in [3.05, 3.63) is 96.7 Å². The van der Waals surface area contributed by atoms with Gasteiger partial charge in [-0.15, -0.1) is 0 Å². The second-order valence-electron chi connectivity index (χ2n) is 7.07. The number of rotatable bonds is 5. The standard InChI is InChI=1S/C24H16Cl2N2O3S/c1-30-20-9-6-14(10-21(20)31-13-15-7-8-16(25)12-17(15)26)11-22-23(29)28-19-5-3-2-4-18(19)27-24(28)32-22/h2-12H,13H2,1H3. The number of methoxy groups -OCH3 is 1. The largest absolute Gasteiger partial charge is 0.493 e. The summed E-state index contributed by atoms with van der Waals surface area (Å²) in [4.78, 5) is 18.2. The first-order chi connectivity index (χ1) is 15.5. The molecule has 0 radical (unpaired) electrons. The third-order valence-corrected chi connectivity index (χ3v) is 6.58. The number of hydrogen-bond donors (Lipinski definition) is 0. The summed E-state index contributed by atoms with van der Waals surface area (Å²) in [5, 5.41) is 1.10. The first-order valence-electron chi connectivity index (χ1n) is 9.70. The Morgan fingerprint density at radius 1 is 1.06 bits per heavy atom. The van der Waals surface area contributed by atoms with Gasteiger partial charge in [-0.1, -0.05) is 58.8 Å². The Kier molecular flexibility index (Phi) is 5.51. The van der Waals surface area contributed by atoms with Crippen molar-refractivity contribution in [2.24, 2.45) is 0 Å². The fourth-order valence-corrected chi connectivity index (χ4v) is 4.90. The number of para-hydroxylation sites is 2. The van der Waals surface area contributed by atoms with Gasteiger partial charge < -0.3 is 9.47 Å². The molecule has 0 saturated heterocycles. The Balaban J connectivity index is 1.51. The van der Waals surface area contributed by atoms with Crippen molar-refractivity contribution in [1.29, 1.82) is 0 Å². The minimum atomic E-state index is -0.0927. The Labute approximate surface area is 197 Å². The van der Waals surface area contributed by atoms with Crippen LogP contribution in [-0.4, -0.2) is 16.5 Å². The van der Waals surface area contributed by atoms with Crippen LogP contribution in [0.2, 0.25) is 10.0 Å². The second kappa shape index (κ2) is 8.47. The van der Waals surface area contributed by atoms with Crippen LogP contribution in [0.4, 0.5) is 0 Å². The highest BCUT2D eigenvalue weighted by atomic mass is 35.5. The van der Waals surface area contributed by atoms with Gasteiger partial charge in [0, 0.05) is 15.6 Å². The van der Waals surface area contributed by atoms with Crippen molar-refractivity contribution in [2.45, 2.75) is 6.61 Å². The van der Waals surface area contributed by atoms with Crippen molar-refractivity contribution in [3.63, 3.8) is 0 Å². The van der Waals surface area contributed by atoms with E-state index in [4.69, 9.17) is 32.7 Å². The van der Waals surface area contributed by atoms with Gasteiger partial charge in [-0.25, -0.2) is 9.38 Å². The molecule has 0 aliphatic rings. The van der Waals surface area contributed by atoms with Crippen LogP contribution in [0, 0.1) is 0 Å². The first-order valence-corrected chi connectivity index (χ1v) is 11.3. The normalized spacial score (nSPS) is 12.0. The topological polar surface area (TPSA) is 52.8 Å². The van der Waals surface area contributed by atoms with Crippen LogP contribution >= 0.6 is 34.5 Å². The van der Waals surface area contributed by atoms with Crippen LogP contribution in [0.25, 0.3) is 22.1 Å². The number of nitrogens with zero attached hydrogens (tertiary/aromatic N) is 2. The quantitative estimate of drug-likeness (QED) is 0.338. The fourth-order valence-electron chi connectivity index (χ4n) is 3.45. The second-order valence-corrected chi connectivity index (χ2v) is 8.92. The minimum Gasteiger partial charge on any atom is -0.493 e. The SMILES string of the molecule is COc1ccc(C=c2sc3nc4ccccc4n3c2=O)cc1OCc1ccc(Cl)cc1Cl. The summed E-state index contributed by atoms with van der Waals surface area (Å²) in [6.07, 6.45) is 1.83. The van der Waals surface area contributed by atoms with Gasteiger partial charge in [0.1, 0.15) is 6.61 Å². The third kappa shape index (κ3) is 3.81. The monoisotopic (exact) mass is 482 g/mol. The Hall–Kier alpha value is -3.06. The third-order valence-electron chi connectivity index (χ3n) is 5.03. The lowest BCUT2D eigenvalue weighted by Crippen LogP contribution is -2.22. The maximum atomic E-state index is 13.0. The van der Waals surface area contributed by atoms with Gasteiger partial charge in [-0.3, -0.25) is 4.79 Å². The minimum absolute atomic E-state index is 0.0927. The molecule has 160 valence electrons. The van der Waals surface area contributed by atoms with Crippen molar-refractivity contribution in [1.82, 2.24) is 9.38 Å². The average Bonchev–Trinajstić information content (AvgIpc) is 3.29. The molecule has 0 saturated carbocycles. The summed E-state index contributed by atoms with van der Waals surface area (Å²) in [6.45, 7) is 0.251. The molecule has 5 aromatic rings. The number of benzene rings is 3. The highest BCUT2D eigenvalue weighted by molar-refractivity contribution is 7.15. The molecule has 0 aliphatic heterocycles. The maximum absolute atomic E-state index is 13.0. The molecule has 0 N–H and O–H groups in total. The zero-order chi connectivity index (χ0) is 22.2. The van der Waals surface area contributed by atoms with Gasteiger partial charge in [-0.2, -0.15) is 0 Å². The molecule has 2 heterocycles. The number of thiazole rings is 1. The van der Waals surface area contributed by atoms with Gasteiger partial charge in [0.2, 0.25) is 0 Å². The van der Waals surface area contributed by atoms with Gasteiger partial charge in [0.25, 0.3) is 5.56 Å². The summed E-state index contributed by atoms with van der Waals surface area (Å²) in [6, 6.07) is 18.4. The summed E-state index contributed by atoms with van der Waals surface area (Å²) < 4.78 is 13.7. The van der Waals surface area contributed by atoms with E-state index < -0.39 is 0 Å². The number of aromatic nitrogens is 2. The predicted molar refractivity (Wildman–Crippen MR) is 129 cm³/mol. The summed E-state index contributed by atoms with van der Waals surface area (Å²) in [5.74, 6) is 1.13. The van der Waals surface area contributed by atoms with E-state index in [0.717, 1.165) is 22.2 Å². The molecule has 8 heteroatoms. The highest BCUT2D eigenvalue weighted by Gasteiger charge is 2.12. The van der Waals surface area contributed by atoms with E-state index in [-0.39, 0.29) is 12.2 Å². The summed E-state index contributed by atoms with van der Waals surface area (Å²) in [5.41, 5.74) is 3.14. The maximum Gasteiger partial charge on any atom is 0.274 e. The van der Waals surface area contributed by atoms with E-state index in [1.54, 1.807) is 23.6 Å². The number of imidazole rings is 1. The highest BCUT2D eigenvalue weighted by Crippen LogP contribution is 2.30. The van der Waals surface area contributed by atoms with E-state index >= 15 is 0 Å². The molecule has 32 heavy (non-hydrogen) atoms. The molecular weight excluding hydrogens is 467 g/mol. The molecule has 0 spiro atoms. The Morgan fingerprint density at radius 2 is 1.91 bits per heavy atom. The van der Waals surface area contributed by atoms with Crippen molar-refractivity contribution in [2.75, 3.05) is 7.11 Å². The molecule has 5 rings (SSSR count). The van der Waals surface area contributed by atoms with E-state index in [1.165, 1.54) is 11.3 Å². The summed E-state index contributed by atoms with van der Waals surface area (Å²) >= 11 is 13.6. The molecule has 2 aromatic heterocycles. The summed E-state index contributed by atoms with van der Waals surface area (Å²) in [7, 11) is 1.58. The number of halogens is 2. The van der Waals surface area contributed by atoms with Crippen LogP contribution in [0.1, 0.15) is 11.1 Å².